The molecule has 3 amide bonds. The second kappa shape index (κ2) is 7.61. The Balaban J connectivity index is 1.54. The Morgan fingerprint density at radius 3 is 2.52 bits per heavy atom. The fourth-order valence-corrected chi connectivity index (χ4v) is 4.42. The monoisotopic (exact) mass is 398 g/mol. The molecule has 156 valence electrons. The third kappa shape index (κ3) is 3.66. The summed E-state index contributed by atoms with van der Waals surface area (Å²) < 4.78 is 0. The number of carbonyl (C=O) groups is 3. The van der Waals surface area contributed by atoms with Gasteiger partial charge in [-0.3, -0.25) is 19.3 Å². The fourth-order valence-electron chi connectivity index (χ4n) is 4.42. The maximum atomic E-state index is 13.0. The van der Waals surface area contributed by atoms with Crippen molar-refractivity contribution in [1.82, 2.24) is 10.3 Å². The third-order valence-electron chi connectivity index (χ3n) is 6.88. The molecule has 2 atom stereocenters. The van der Waals surface area contributed by atoms with Crippen molar-refractivity contribution in [3.63, 3.8) is 0 Å². The lowest BCUT2D eigenvalue weighted by Gasteiger charge is -2.47. The lowest BCUT2D eigenvalue weighted by Crippen LogP contribution is -2.59. The number of likely N-dealkylation sites (tertiary alicyclic amines) is 1. The van der Waals surface area contributed by atoms with E-state index in [0.717, 1.165) is 24.1 Å². The number of hydrogen-bond donors (Lipinski definition) is 1. The first kappa shape index (κ1) is 21.0. The van der Waals surface area contributed by atoms with Gasteiger partial charge in [-0.2, -0.15) is 5.10 Å². The molecular weight excluding hydrogens is 368 g/mol. The molecule has 1 N–H and O–H groups in total. The number of benzene rings is 1. The number of amides is 3. The van der Waals surface area contributed by atoms with Gasteiger partial charge in [-0.05, 0) is 36.0 Å². The first-order valence-electron chi connectivity index (χ1n) is 10.0. The van der Waals surface area contributed by atoms with Crippen LogP contribution < -0.4 is 10.3 Å². The predicted molar refractivity (Wildman–Crippen MR) is 112 cm³/mol. The minimum Gasteiger partial charge on any atom is -0.378 e. The highest BCUT2D eigenvalue weighted by molar-refractivity contribution is 6.04. The van der Waals surface area contributed by atoms with E-state index in [2.05, 4.69) is 10.5 Å². The standard InChI is InChI=1S/C22H30N4O3/c1-21(2)17-10-12-22(21,3)20(29)26(19(17)28)13-11-18(27)24-23-14-15-6-8-16(9-7-15)25(4)5/h6-9,14,17H,10-13H2,1-5H3,(H,24,27)/b23-14+. The zero-order valence-electron chi connectivity index (χ0n) is 17.9. The highest BCUT2D eigenvalue weighted by Gasteiger charge is 2.64. The van der Waals surface area contributed by atoms with E-state index in [-0.39, 0.29) is 42.0 Å². The van der Waals surface area contributed by atoms with Crippen LogP contribution in [0.1, 0.15) is 45.6 Å². The van der Waals surface area contributed by atoms with Gasteiger partial charge in [-0.1, -0.05) is 32.9 Å². The molecule has 29 heavy (non-hydrogen) atoms. The second-order valence-corrected chi connectivity index (χ2v) is 8.97. The SMILES string of the molecule is CN(C)c1ccc(/C=N/NC(=O)CCN2C(=O)C3CCC(C)(C2=O)C3(C)C)cc1. The number of carbonyl (C=O) groups excluding carboxylic acids is 3. The van der Waals surface area contributed by atoms with E-state index in [1.807, 2.05) is 64.0 Å². The molecule has 3 rings (SSSR count). The van der Waals surface area contributed by atoms with E-state index >= 15 is 0 Å². The minimum absolute atomic E-state index is 0.0393. The smallest absolute Gasteiger partial charge is 0.241 e. The molecule has 1 heterocycles. The summed E-state index contributed by atoms with van der Waals surface area (Å²) in [5.41, 5.74) is 3.53. The van der Waals surface area contributed by atoms with Crippen molar-refractivity contribution in [2.75, 3.05) is 25.5 Å². The van der Waals surface area contributed by atoms with Crippen molar-refractivity contribution in [3.8, 4) is 0 Å². The molecule has 0 spiro atoms. The Morgan fingerprint density at radius 2 is 1.90 bits per heavy atom. The summed E-state index contributed by atoms with van der Waals surface area (Å²) in [6.07, 6.45) is 3.05. The van der Waals surface area contributed by atoms with Crippen molar-refractivity contribution < 1.29 is 14.4 Å². The molecule has 1 saturated carbocycles. The predicted octanol–water partition coefficient (Wildman–Crippen LogP) is 2.40. The van der Waals surface area contributed by atoms with Crippen LogP contribution in [-0.4, -0.2) is 49.5 Å². The van der Waals surface area contributed by atoms with Gasteiger partial charge < -0.3 is 4.90 Å². The van der Waals surface area contributed by atoms with Crippen LogP contribution in [0.3, 0.4) is 0 Å². The van der Waals surface area contributed by atoms with Gasteiger partial charge in [-0.25, -0.2) is 5.43 Å². The van der Waals surface area contributed by atoms with Gasteiger partial charge in [0.1, 0.15) is 0 Å². The zero-order chi connectivity index (χ0) is 21.4. The average Bonchev–Trinajstić information content (AvgIpc) is 2.85. The Morgan fingerprint density at radius 1 is 1.24 bits per heavy atom. The number of imide groups is 1. The minimum atomic E-state index is -0.543. The van der Waals surface area contributed by atoms with Crippen molar-refractivity contribution in [1.29, 1.82) is 0 Å². The Bertz CT molecular complexity index is 844. The van der Waals surface area contributed by atoms with Crippen LogP contribution in [0.2, 0.25) is 0 Å². The van der Waals surface area contributed by atoms with Crippen LogP contribution in [0.25, 0.3) is 0 Å². The Labute approximate surface area is 172 Å². The molecule has 1 saturated heterocycles. The molecule has 2 fully saturated rings. The number of piperidine rings is 1. The Kier molecular flexibility index (Phi) is 5.52. The summed E-state index contributed by atoms with van der Waals surface area (Å²) in [6, 6.07) is 7.75. The zero-order valence-corrected chi connectivity index (χ0v) is 17.9. The van der Waals surface area contributed by atoms with Crippen LogP contribution >= 0.6 is 0 Å². The molecule has 7 nitrogen and oxygen atoms in total. The number of hydrazone groups is 1. The Hall–Kier alpha value is -2.70. The summed E-state index contributed by atoms with van der Waals surface area (Å²) in [6.45, 7) is 6.05. The fraction of sp³-hybridized carbons (Fsp3) is 0.545. The first-order valence-corrected chi connectivity index (χ1v) is 10.0. The molecule has 2 bridgehead atoms. The quantitative estimate of drug-likeness (QED) is 0.453. The van der Waals surface area contributed by atoms with Gasteiger partial charge in [0.25, 0.3) is 0 Å². The van der Waals surface area contributed by atoms with E-state index in [1.54, 1.807) is 6.21 Å². The largest absolute Gasteiger partial charge is 0.378 e. The number of fused-ring (bicyclic) bond motifs is 2. The lowest BCUT2D eigenvalue weighted by molar-refractivity contribution is -0.167. The van der Waals surface area contributed by atoms with Gasteiger partial charge in [0, 0.05) is 38.7 Å². The molecule has 0 aromatic heterocycles. The highest BCUT2D eigenvalue weighted by atomic mass is 16.2. The van der Waals surface area contributed by atoms with E-state index < -0.39 is 5.41 Å². The van der Waals surface area contributed by atoms with E-state index in [9.17, 15) is 14.4 Å². The van der Waals surface area contributed by atoms with Gasteiger partial charge in [-0.15, -0.1) is 0 Å². The number of nitrogens with one attached hydrogen (secondary N) is 1. The van der Waals surface area contributed by atoms with E-state index in [0.29, 0.717) is 0 Å². The van der Waals surface area contributed by atoms with Crippen molar-refractivity contribution in [2.45, 2.75) is 40.0 Å². The molecule has 1 aromatic carbocycles. The molecule has 2 unspecified atom stereocenters. The van der Waals surface area contributed by atoms with Gasteiger partial charge >= 0.3 is 0 Å². The summed E-state index contributed by atoms with van der Waals surface area (Å²) in [7, 11) is 3.93. The van der Waals surface area contributed by atoms with Crippen LogP contribution in [0.15, 0.2) is 29.4 Å². The summed E-state index contributed by atoms with van der Waals surface area (Å²) in [5.74, 6) is -0.781. The first-order chi connectivity index (χ1) is 13.6. The summed E-state index contributed by atoms with van der Waals surface area (Å²) >= 11 is 0. The van der Waals surface area contributed by atoms with E-state index in [1.165, 1.54) is 4.90 Å². The molecule has 2 aliphatic rings. The topological polar surface area (TPSA) is 82.1 Å². The van der Waals surface area contributed by atoms with Crippen molar-refractivity contribution in [2.24, 2.45) is 21.8 Å². The maximum Gasteiger partial charge on any atom is 0.241 e. The molecule has 1 aliphatic heterocycles. The number of rotatable bonds is 6. The number of anilines is 1. The van der Waals surface area contributed by atoms with Gasteiger partial charge in [0.2, 0.25) is 17.7 Å². The molecular formula is C22H30N4O3. The molecule has 1 aliphatic carbocycles. The van der Waals surface area contributed by atoms with Gasteiger partial charge in [0.05, 0.1) is 11.6 Å². The summed E-state index contributed by atoms with van der Waals surface area (Å²) in [5, 5.41) is 3.97. The highest BCUT2D eigenvalue weighted by Crippen LogP contribution is 2.59. The third-order valence-corrected chi connectivity index (χ3v) is 6.88. The molecule has 7 heteroatoms. The summed E-state index contributed by atoms with van der Waals surface area (Å²) in [4.78, 5) is 41.2. The normalized spacial score (nSPS) is 25.6. The number of hydrogen-bond acceptors (Lipinski definition) is 5. The lowest BCUT2D eigenvalue weighted by atomic mass is 9.62. The number of nitrogens with zero attached hydrogens (tertiary/aromatic N) is 3. The van der Waals surface area contributed by atoms with Crippen LogP contribution in [-0.2, 0) is 14.4 Å². The van der Waals surface area contributed by atoms with Gasteiger partial charge in [0.15, 0.2) is 0 Å². The van der Waals surface area contributed by atoms with Crippen molar-refractivity contribution >= 4 is 29.6 Å². The average molecular weight is 399 g/mol. The van der Waals surface area contributed by atoms with Crippen molar-refractivity contribution in [3.05, 3.63) is 29.8 Å². The van der Waals surface area contributed by atoms with Crippen LogP contribution in [0.4, 0.5) is 5.69 Å². The molecule has 0 radical (unpaired) electrons. The van der Waals surface area contributed by atoms with Crippen LogP contribution in [0, 0.1) is 16.7 Å². The van der Waals surface area contributed by atoms with E-state index in [4.69, 9.17) is 0 Å². The van der Waals surface area contributed by atoms with Crippen LogP contribution in [0.5, 0.6) is 0 Å². The molecule has 1 aromatic rings. The second-order valence-electron chi connectivity index (χ2n) is 8.97. The maximum absolute atomic E-state index is 13.0.